The molecule has 2 unspecified atom stereocenters. The zero-order chi connectivity index (χ0) is 27.1. The van der Waals surface area contributed by atoms with Crippen LogP contribution in [-0.2, 0) is 12.8 Å². The van der Waals surface area contributed by atoms with Crippen molar-refractivity contribution in [2.45, 2.75) is 31.5 Å². The Morgan fingerprint density at radius 1 is 0.410 bits per heavy atom. The van der Waals surface area contributed by atoms with Gasteiger partial charge >= 0.3 is 0 Å². The van der Waals surface area contributed by atoms with Gasteiger partial charge in [-0.2, -0.15) is 0 Å². The minimum Gasteiger partial charge on any atom is -0.491 e. The highest BCUT2D eigenvalue weighted by Crippen LogP contribution is 2.17. The van der Waals surface area contributed by atoms with E-state index in [1.807, 2.05) is 84.9 Å². The second kappa shape index (κ2) is 15.4. The summed E-state index contributed by atoms with van der Waals surface area (Å²) in [5.74, 6) is 2.91. The molecule has 0 fully saturated rings. The van der Waals surface area contributed by atoms with Crippen LogP contribution in [0.4, 0.5) is 0 Å². The van der Waals surface area contributed by atoms with E-state index in [1.54, 1.807) is 0 Å². The molecule has 0 bridgehead atoms. The highest BCUT2D eigenvalue weighted by molar-refractivity contribution is 5.29. The van der Waals surface area contributed by atoms with Crippen LogP contribution in [0.2, 0.25) is 0 Å². The number of rotatable bonds is 16. The van der Waals surface area contributed by atoms with Gasteiger partial charge in [0.1, 0.15) is 61.6 Å². The van der Waals surface area contributed by atoms with Crippen LogP contribution in [0.15, 0.2) is 109 Å². The number of ether oxygens (including phenoxy) is 4. The summed E-state index contributed by atoms with van der Waals surface area (Å²) in [6.45, 7) is 0.709. The highest BCUT2D eigenvalue weighted by Gasteiger charge is 2.08. The van der Waals surface area contributed by atoms with Gasteiger partial charge in [-0.15, -0.1) is 0 Å². The first kappa shape index (κ1) is 28.0. The molecule has 0 saturated carbocycles. The maximum atomic E-state index is 10.1. The maximum absolute atomic E-state index is 10.1. The maximum Gasteiger partial charge on any atom is 0.122 e. The molecular formula is C33H36O6. The van der Waals surface area contributed by atoms with Gasteiger partial charge in [0.05, 0.1) is 0 Å². The average Bonchev–Trinajstić information content (AvgIpc) is 2.99. The summed E-state index contributed by atoms with van der Waals surface area (Å²) in [4.78, 5) is 0. The quantitative estimate of drug-likeness (QED) is 0.200. The predicted octanol–water partition coefficient (Wildman–Crippen LogP) is 5.50. The van der Waals surface area contributed by atoms with Crippen LogP contribution in [-0.4, -0.2) is 48.8 Å². The molecule has 204 valence electrons. The fourth-order valence-electron chi connectivity index (χ4n) is 3.90. The molecule has 39 heavy (non-hydrogen) atoms. The van der Waals surface area contributed by atoms with Crippen molar-refractivity contribution < 1.29 is 29.2 Å². The molecule has 0 saturated heterocycles. The Hall–Kier alpha value is -4.00. The number of aliphatic hydroxyl groups excluding tert-OH is 2. The third-order valence-corrected chi connectivity index (χ3v) is 6.03. The molecule has 4 rings (SSSR count). The summed E-state index contributed by atoms with van der Waals surface area (Å²) in [6, 6.07) is 34.8. The lowest BCUT2D eigenvalue weighted by molar-refractivity contribution is 0.0626. The van der Waals surface area contributed by atoms with Gasteiger partial charge in [0.2, 0.25) is 0 Å². The lowest BCUT2D eigenvalue weighted by atomic mass is 10.0. The first-order valence-electron chi connectivity index (χ1n) is 13.3. The highest BCUT2D eigenvalue weighted by atomic mass is 16.5. The Morgan fingerprint density at radius 2 is 0.718 bits per heavy atom. The zero-order valence-corrected chi connectivity index (χ0v) is 22.0. The van der Waals surface area contributed by atoms with Crippen molar-refractivity contribution >= 4 is 0 Å². The molecule has 0 aliphatic carbocycles. The molecule has 2 N–H and O–H groups in total. The van der Waals surface area contributed by atoms with Crippen molar-refractivity contribution in [3.05, 3.63) is 120 Å². The fourth-order valence-corrected chi connectivity index (χ4v) is 3.90. The molecule has 4 aromatic carbocycles. The average molecular weight is 529 g/mol. The lowest BCUT2D eigenvalue weighted by Gasteiger charge is -2.14. The Balaban J connectivity index is 1.09. The summed E-state index contributed by atoms with van der Waals surface area (Å²) in [5.41, 5.74) is 2.48. The molecule has 6 nitrogen and oxygen atoms in total. The van der Waals surface area contributed by atoms with Gasteiger partial charge in [-0.25, -0.2) is 0 Å². The zero-order valence-electron chi connectivity index (χ0n) is 22.0. The molecule has 0 radical (unpaired) electrons. The summed E-state index contributed by atoms with van der Waals surface area (Å²) in [7, 11) is 0. The molecule has 0 amide bonds. The van der Waals surface area contributed by atoms with Crippen molar-refractivity contribution in [2.75, 3.05) is 26.4 Å². The topological polar surface area (TPSA) is 77.4 Å². The standard InChI is InChI=1S/C33H36O6/c34-28(22-36-30-10-3-1-4-11-30)24-38-32-18-14-26(15-19-32)8-7-9-27-16-20-33(21-17-27)39-25-29(35)23-37-31-12-5-2-6-13-31/h1-6,10-21,28-29,34-35H,7-9,22-25H2. The van der Waals surface area contributed by atoms with Crippen molar-refractivity contribution in [3.8, 4) is 23.0 Å². The first-order valence-corrected chi connectivity index (χ1v) is 13.3. The number of benzene rings is 4. The second-order valence-electron chi connectivity index (χ2n) is 9.32. The Labute approximate surface area is 230 Å². The number of aliphatic hydroxyl groups is 2. The molecule has 0 aromatic heterocycles. The number of hydrogen-bond donors (Lipinski definition) is 2. The normalized spacial score (nSPS) is 12.4. The summed E-state index contributed by atoms with van der Waals surface area (Å²) in [5, 5.41) is 20.2. The van der Waals surface area contributed by atoms with Crippen LogP contribution in [0.1, 0.15) is 17.5 Å². The molecule has 6 heteroatoms. The molecular weight excluding hydrogens is 492 g/mol. The van der Waals surface area contributed by atoms with Gasteiger partial charge in [-0.05, 0) is 78.9 Å². The fraction of sp³-hybridized carbons (Fsp3) is 0.273. The van der Waals surface area contributed by atoms with Crippen LogP contribution in [0, 0.1) is 0 Å². The first-order chi connectivity index (χ1) is 19.1. The monoisotopic (exact) mass is 528 g/mol. The van der Waals surface area contributed by atoms with Gasteiger partial charge < -0.3 is 29.2 Å². The van der Waals surface area contributed by atoms with E-state index in [9.17, 15) is 10.2 Å². The van der Waals surface area contributed by atoms with E-state index < -0.39 is 12.2 Å². The van der Waals surface area contributed by atoms with Crippen molar-refractivity contribution in [3.63, 3.8) is 0 Å². The minimum atomic E-state index is -0.708. The van der Waals surface area contributed by atoms with Gasteiger partial charge in [-0.1, -0.05) is 60.7 Å². The van der Waals surface area contributed by atoms with E-state index in [1.165, 1.54) is 11.1 Å². The number of para-hydroxylation sites is 2. The molecule has 0 spiro atoms. The third kappa shape index (κ3) is 10.3. The third-order valence-electron chi connectivity index (χ3n) is 6.03. The van der Waals surface area contributed by atoms with E-state index in [-0.39, 0.29) is 26.4 Å². The van der Waals surface area contributed by atoms with Crippen LogP contribution >= 0.6 is 0 Å². The number of aryl methyl sites for hydroxylation is 2. The molecule has 0 aliphatic heterocycles. The van der Waals surface area contributed by atoms with E-state index >= 15 is 0 Å². The van der Waals surface area contributed by atoms with Crippen LogP contribution < -0.4 is 18.9 Å². The number of hydrogen-bond acceptors (Lipinski definition) is 6. The van der Waals surface area contributed by atoms with Gasteiger partial charge in [0, 0.05) is 0 Å². The van der Waals surface area contributed by atoms with Crippen LogP contribution in [0.3, 0.4) is 0 Å². The largest absolute Gasteiger partial charge is 0.491 e. The Kier molecular flexibility index (Phi) is 11.1. The molecule has 0 aliphatic rings. The summed E-state index contributed by atoms with van der Waals surface area (Å²) < 4.78 is 22.5. The van der Waals surface area contributed by atoms with Crippen LogP contribution in [0.5, 0.6) is 23.0 Å². The molecule has 4 aromatic rings. The Morgan fingerprint density at radius 3 is 1.05 bits per heavy atom. The summed E-state index contributed by atoms with van der Waals surface area (Å²) in [6.07, 6.45) is 1.52. The van der Waals surface area contributed by atoms with Gasteiger partial charge in [0.25, 0.3) is 0 Å². The second-order valence-corrected chi connectivity index (χ2v) is 9.32. The van der Waals surface area contributed by atoms with Crippen LogP contribution in [0.25, 0.3) is 0 Å². The lowest BCUT2D eigenvalue weighted by Crippen LogP contribution is -2.25. The Bertz CT molecular complexity index is 1100. The predicted molar refractivity (Wildman–Crippen MR) is 152 cm³/mol. The molecule has 0 heterocycles. The van der Waals surface area contributed by atoms with E-state index in [4.69, 9.17) is 18.9 Å². The minimum absolute atomic E-state index is 0.173. The van der Waals surface area contributed by atoms with Crippen molar-refractivity contribution in [2.24, 2.45) is 0 Å². The van der Waals surface area contributed by atoms with Crippen molar-refractivity contribution in [1.29, 1.82) is 0 Å². The smallest absolute Gasteiger partial charge is 0.122 e. The van der Waals surface area contributed by atoms with E-state index in [0.717, 1.165) is 42.3 Å². The molecule has 2 atom stereocenters. The van der Waals surface area contributed by atoms with Crippen molar-refractivity contribution in [1.82, 2.24) is 0 Å². The van der Waals surface area contributed by atoms with Gasteiger partial charge in [0.15, 0.2) is 0 Å². The SMILES string of the molecule is OC(COc1ccccc1)COc1ccc(CCCc2ccc(OCC(O)COc3ccccc3)cc2)cc1. The van der Waals surface area contributed by atoms with E-state index in [2.05, 4.69) is 24.3 Å². The van der Waals surface area contributed by atoms with Gasteiger partial charge in [-0.3, -0.25) is 0 Å². The summed E-state index contributed by atoms with van der Waals surface area (Å²) >= 11 is 0. The van der Waals surface area contributed by atoms with E-state index in [0.29, 0.717) is 0 Å².